The molecule has 5 nitrogen and oxygen atoms in total. The summed E-state index contributed by atoms with van der Waals surface area (Å²) in [4.78, 5) is 0. The first-order chi connectivity index (χ1) is 11.3. The molecule has 2 heterocycles. The summed E-state index contributed by atoms with van der Waals surface area (Å²) in [5.74, 6) is 2.52. The van der Waals surface area contributed by atoms with Gasteiger partial charge in [0, 0.05) is 21.1 Å². The summed E-state index contributed by atoms with van der Waals surface area (Å²) < 4.78 is 12.0. The fraction of sp³-hybridized carbons (Fsp3) is 0.0588. The van der Waals surface area contributed by atoms with Crippen LogP contribution in [0.3, 0.4) is 0 Å². The van der Waals surface area contributed by atoms with Gasteiger partial charge in [-0.3, -0.25) is 10.2 Å². The van der Waals surface area contributed by atoms with Gasteiger partial charge in [-0.2, -0.15) is 0 Å². The number of rotatable bonds is 2. The Hall–Kier alpha value is -2.60. The van der Waals surface area contributed by atoms with Crippen LogP contribution in [-0.4, -0.2) is 17.0 Å². The van der Waals surface area contributed by atoms with Gasteiger partial charge in [-0.15, -0.1) is 0 Å². The van der Waals surface area contributed by atoms with Crippen LogP contribution in [0.25, 0.3) is 22.0 Å². The number of nitrogens with one attached hydrogen (secondary N) is 3. The van der Waals surface area contributed by atoms with E-state index in [4.69, 9.17) is 9.47 Å². The third-order valence-corrected chi connectivity index (χ3v) is 4.55. The molecule has 114 valence electrons. The summed E-state index contributed by atoms with van der Waals surface area (Å²) in [5, 5.41) is 12.1. The summed E-state index contributed by atoms with van der Waals surface area (Å²) in [6, 6.07) is 14.2. The first-order valence-electron chi connectivity index (χ1n) is 7.23. The van der Waals surface area contributed by atoms with Crippen molar-refractivity contribution in [1.82, 2.24) is 10.2 Å². The number of hydrogen-bond acceptors (Lipinski definition) is 3. The van der Waals surface area contributed by atoms with Gasteiger partial charge in [0.1, 0.15) is 5.82 Å². The number of hydrogen-bond donors (Lipinski definition) is 3. The quantitative estimate of drug-likeness (QED) is 0.473. The van der Waals surface area contributed by atoms with Crippen LogP contribution < -0.4 is 14.8 Å². The van der Waals surface area contributed by atoms with E-state index in [1.165, 1.54) is 0 Å². The van der Waals surface area contributed by atoms with Gasteiger partial charge in [0.2, 0.25) is 6.79 Å². The van der Waals surface area contributed by atoms with E-state index in [-0.39, 0.29) is 6.79 Å². The van der Waals surface area contributed by atoms with Crippen LogP contribution in [-0.2, 0) is 0 Å². The molecule has 3 N–H and O–H groups in total. The van der Waals surface area contributed by atoms with E-state index in [9.17, 15) is 0 Å². The minimum Gasteiger partial charge on any atom is -0.454 e. The van der Waals surface area contributed by atoms with Crippen molar-refractivity contribution < 1.29 is 9.47 Å². The molecular weight excluding hydrogens is 358 g/mol. The Morgan fingerprint density at radius 2 is 1.87 bits per heavy atom. The average Bonchev–Trinajstić information content (AvgIpc) is 3.21. The van der Waals surface area contributed by atoms with E-state index in [1.54, 1.807) is 0 Å². The van der Waals surface area contributed by atoms with Crippen molar-refractivity contribution in [2.75, 3.05) is 12.1 Å². The monoisotopic (exact) mass is 369 g/mol. The molecule has 23 heavy (non-hydrogen) atoms. The SMILES string of the molecule is Brc1cccc(Nc2[nH][nH]c3c4cc5c(cc4cc2-3)OCO5)c1. The number of aromatic amines is 2. The molecule has 0 aromatic heterocycles. The molecule has 0 atom stereocenters. The van der Waals surface area contributed by atoms with Crippen LogP contribution in [0.2, 0.25) is 0 Å². The number of ether oxygens (including phenoxy) is 2. The van der Waals surface area contributed by atoms with Gasteiger partial charge >= 0.3 is 0 Å². The Balaban J connectivity index is 1.60. The molecule has 0 saturated heterocycles. The second-order valence-electron chi connectivity index (χ2n) is 5.49. The van der Waals surface area contributed by atoms with E-state index in [0.29, 0.717) is 0 Å². The van der Waals surface area contributed by atoms with Crippen LogP contribution in [0.1, 0.15) is 0 Å². The van der Waals surface area contributed by atoms with Crippen molar-refractivity contribution >= 4 is 38.2 Å². The predicted octanol–water partition coefficient (Wildman–Crippen LogP) is 4.84. The fourth-order valence-electron chi connectivity index (χ4n) is 3.00. The molecule has 0 spiro atoms. The Kier molecular flexibility index (Phi) is 2.63. The molecule has 0 unspecified atom stereocenters. The summed E-state index contributed by atoms with van der Waals surface area (Å²) in [5.41, 5.74) is 3.16. The van der Waals surface area contributed by atoms with Crippen LogP contribution in [0.15, 0.2) is 46.9 Å². The second-order valence-corrected chi connectivity index (χ2v) is 6.40. The normalized spacial score (nSPS) is 13.1. The maximum absolute atomic E-state index is 5.47. The molecule has 2 aliphatic heterocycles. The second kappa shape index (κ2) is 4.70. The highest BCUT2D eigenvalue weighted by Crippen LogP contribution is 2.44. The van der Waals surface area contributed by atoms with Gasteiger partial charge in [-0.25, -0.2) is 0 Å². The van der Waals surface area contributed by atoms with Crippen LogP contribution in [0.4, 0.5) is 11.5 Å². The molecule has 0 radical (unpaired) electrons. The Morgan fingerprint density at radius 3 is 2.74 bits per heavy atom. The maximum atomic E-state index is 5.47. The number of aromatic nitrogens is 2. The van der Waals surface area contributed by atoms with Gasteiger partial charge in [-0.05, 0) is 41.8 Å². The van der Waals surface area contributed by atoms with Crippen molar-refractivity contribution in [3.05, 3.63) is 46.9 Å². The van der Waals surface area contributed by atoms with Crippen LogP contribution in [0.5, 0.6) is 11.5 Å². The number of H-pyrrole nitrogens is 2. The Labute approximate surface area is 140 Å². The lowest BCUT2D eigenvalue weighted by molar-refractivity contribution is 0.174. The first kappa shape index (κ1) is 12.9. The molecule has 6 heteroatoms. The molecule has 5 rings (SSSR count). The van der Waals surface area contributed by atoms with Crippen LogP contribution >= 0.6 is 15.9 Å². The Morgan fingerprint density at radius 1 is 1.00 bits per heavy atom. The highest BCUT2D eigenvalue weighted by atomic mass is 79.9. The van der Waals surface area contributed by atoms with E-state index in [2.05, 4.69) is 37.5 Å². The number of fused-ring (bicyclic) bond motifs is 4. The third kappa shape index (κ3) is 1.98. The number of anilines is 2. The first-order valence-corrected chi connectivity index (χ1v) is 8.02. The number of halogens is 1. The zero-order valence-electron chi connectivity index (χ0n) is 11.9. The summed E-state index contributed by atoms with van der Waals surface area (Å²) in [6.07, 6.45) is 0. The molecular formula is C17H12BrN3O2. The summed E-state index contributed by atoms with van der Waals surface area (Å²) >= 11 is 3.49. The van der Waals surface area contributed by atoms with E-state index in [0.717, 1.165) is 49.5 Å². The van der Waals surface area contributed by atoms with Gasteiger partial charge < -0.3 is 14.8 Å². The molecule has 0 saturated carbocycles. The molecule has 2 aromatic rings. The van der Waals surface area contributed by atoms with Crippen molar-refractivity contribution in [3.8, 4) is 22.8 Å². The lowest BCUT2D eigenvalue weighted by Crippen LogP contribution is -1.92. The smallest absolute Gasteiger partial charge is 0.231 e. The molecule has 0 fully saturated rings. The maximum Gasteiger partial charge on any atom is 0.231 e. The topological polar surface area (TPSA) is 62.1 Å². The van der Waals surface area contributed by atoms with Crippen molar-refractivity contribution in [2.24, 2.45) is 0 Å². The molecule has 0 amide bonds. The molecule has 2 aromatic carbocycles. The number of benzene rings is 2. The molecule has 0 bridgehead atoms. The van der Waals surface area contributed by atoms with Gasteiger partial charge in [0.25, 0.3) is 0 Å². The molecule has 3 aliphatic rings. The van der Waals surface area contributed by atoms with Gasteiger partial charge in [0.05, 0.1) is 5.69 Å². The fourth-order valence-corrected chi connectivity index (χ4v) is 3.40. The zero-order chi connectivity index (χ0) is 15.4. The third-order valence-electron chi connectivity index (χ3n) is 4.06. The van der Waals surface area contributed by atoms with Crippen molar-refractivity contribution in [1.29, 1.82) is 0 Å². The van der Waals surface area contributed by atoms with Gasteiger partial charge in [0.15, 0.2) is 11.5 Å². The predicted molar refractivity (Wildman–Crippen MR) is 92.8 cm³/mol. The Bertz CT molecular complexity index is 1000. The average molecular weight is 370 g/mol. The van der Waals surface area contributed by atoms with E-state index < -0.39 is 0 Å². The summed E-state index contributed by atoms with van der Waals surface area (Å²) in [6.45, 7) is 0.289. The standard InChI is InChI=1S/C17H12BrN3O2/c18-10-2-1-3-11(6-10)19-17-13-4-9-5-14-15(23-8-22-14)7-12(9)16(13)20-21-17/h1-7,19-21H,8H2. The van der Waals surface area contributed by atoms with Gasteiger partial charge in [-0.1, -0.05) is 22.0 Å². The van der Waals surface area contributed by atoms with E-state index >= 15 is 0 Å². The largest absolute Gasteiger partial charge is 0.454 e. The van der Waals surface area contributed by atoms with Crippen molar-refractivity contribution in [2.45, 2.75) is 0 Å². The lowest BCUT2D eigenvalue weighted by Gasteiger charge is -2.04. The molecule has 1 aliphatic carbocycles. The van der Waals surface area contributed by atoms with Crippen LogP contribution in [0, 0.1) is 0 Å². The summed E-state index contributed by atoms with van der Waals surface area (Å²) in [7, 11) is 0. The van der Waals surface area contributed by atoms with E-state index in [1.807, 2.05) is 36.4 Å². The minimum absolute atomic E-state index is 0.289. The zero-order valence-corrected chi connectivity index (χ0v) is 13.5. The van der Waals surface area contributed by atoms with Crippen molar-refractivity contribution in [3.63, 3.8) is 0 Å². The minimum atomic E-state index is 0.289. The highest BCUT2D eigenvalue weighted by Gasteiger charge is 2.21. The lowest BCUT2D eigenvalue weighted by atomic mass is 10.2. The highest BCUT2D eigenvalue weighted by molar-refractivity contribution is 9.10.